The summed E-state index contributed by atoms with van der Waals surface area (Å²) in [7, 11) is 0. The van der Waals surface area contributed by atoms with Crippen molar-refractivity contribution in [3.05, 3.63) is 52.6 Å². The van der Waals surface area contributed by atoms with Crippen LogP contribution in [0.25, 0.3) is 0 Å². The zero-order valence-corrected chi connectivity index (χ0v) is 16.8. The van der Waals surface area contributed by atoms with Crippen molar-refractivity contribution in [3.8, 4) is 0 Å². The molecule has 0 spiro atoms. The van der Waals surface area contributed by atoms with Crippen LogP contribution in [-0.4, -0.2) is 53.1 Å². The summed E-state index contributed by atoms with van der Waals surface area (Å²) in [6.45, 7) is 5.65. The average molecular weight is 401 g/mol. The van der Waals surface area contributed by atoms with Gasteiger partial charge < -0.3 is 10.1 Å². The highest BCUT2D eigenvalue weighted by molar-refractivity contribution is 6.30. The van der Waals surface area contributed by atoms with Crippen LogP contribution in [0.15, 0.2) is 30.5 Å². The van der Waals surface area contributed by atoms with E-state index in [9.17, 15) is 4.79 Å². The van der Waals surface area contributed by atoms with E-state index < -0.39 is 0 Å². The number of aromatic nitrogens is 2. The first-order chi connectivity index (χ1) is 13.6. The van der Waals surface area contributed by atoms with Crippen molar-refractivity contribution >= 4 is 23.2 Å². The predicted octanol–water partition coefficient (Wildman–Crippen LogP) is 3.66. The molecule has 28 heavy (non-hydrogen) atoms. The third kappa shape index (κ3) is 4.35. The van der Waals surface area contributed by atoms with Crippen molar-refractivity contribution in [2.75, 3.05) is 31.6 Å². The maximum absolute atomic E-state index is 12.6. The van der Waals surface area contributed by atoms with E-state index >= 15 is 0 Å². The number of rotatable bonds is 4. The summed E-state index contributed by atoms with van der Waals surface area (Å²) in [5.41, 5.74) is 1.90. The number of ether oxygens (including phenoxy) is 1. The molecular weight excluding hydrogens is 376 g/mol. The lowest BCUT2D eigenvalue weighted by atomic mass is 10.1. The van der Waals surface area contributed by atoms with Crippen LogP contribution in [0, 0.1) is 6.92 Å². The first-order valence-electron chi connectivity index (χ1n) is 9.82. The van der Waals surface area contributed by atoms with Crippen LogP contribution in [-0.2, 0) is 4.74 Å². The largest absolute Gasteiger partial charge is 0.381 e. The molecule has 0 aliphatic carbocycles. The number of hydrogen-bond donors (Lipinski definition) is 1. The van der Waals surface area contributed by atoms with E-state index in [1.54, 1.807) is 30.5 Å². The highest BCUT2D eigenvalue weighted by atomic mass is 35.5. The molecule has 0 unspecified atom stereocenters. The van der Waals surface area contributed by atoms with Gasteiger partial charge in [-0.25, -0.2) is 9.97 Å². The molecule has 1 atom stereocenters. The molecular formula is C21H25ClN4O2. The molecule has 1 aromatic carbocycles. The van der Waals surface area contributed by atoms with E-state index in [2.05, 4.69) is 20.2 Å². The number of carbonyl (C=O) groups excluding carboxylic acids is 1. The number of amides is 1. The van der Waals surface area contributed by atoms with Crippen LogP contribution in [0.2, 0.25) is 5.02 Å². The second-order valence-electron chi connectivity index (χ2n) is 7.51. The molecule has 4 rings (SSSR count). The molecule has 1 amide bonds. The number of benzene rings is 1. The smallest absolute Gasteiger partial charge is 0.259 e. The summed E-state index contributed by atoms with van der Waals surface area (Å²) < 4.78 is 5.47. The molecule has 2 aromatic rings. The Balaban J connectivity index is 1.41. The first kappa shape index (κ1) is 19.3. The van der Waals surface area contributed by atoms with Crippen molar-refractivity contribution < 1.29 is 9.53 Å². The SMILES string of the molecule is Cc1nc([C@H]2CCN(C3CCOCC3)C2)ncc1C(=O)Nc1ccc(Cl)cc1. The van der Waals surface area contributed by atoms with Gasteiger partial charge in [-0.2, -0.15) is 0 Å². The van der Waals surface area contributed by atoms with Gasteiger partial charge in [0.05, 0.1) is 11.3 Å². The van der Waals surface area contributed by atoms with Gasteiger partial charge in [-0.3, -0.25) is 9.69 Å². The Morgan fingerprint density at radius 1 is 1.21 bits per heavy atom. The average Bonchev–Trinajstić information content (AvgIpc) is 3.20. The Kier molecular flexibility index (Phi) is 5.90. The van der Waals surface area contributed by atoms with Gasteiger partial charge in [-0.05, 0) is 57.0 Å². The molecule has 2 saturated heterocycles. The fourth-order valence-electron chi connectivity index (χ4n) is 4.02. The monoisotopic (exact) mass is 400 g/mol. The van der Waals surface area contributed by atoms with Gasteiger partial charge in [-0.1, -0.05) is 11.6 Å². The third-order valence-electron chi connectivity index (χ3n) is 5.64. The van der Waals surface area contributed by atoms with Gasteiger partial charge in [0.2, 0.25) is 0 Å². The molecule has 7 heteroatoms. The Morgan fingerprint density at radius 2 is 1.96 bits per heavy atom. The first-order valence-corrected chi connectivity index (χ1v) is 10.2. The summed E-state index contributed by atoms with van der Waals surface area (Å²) in [5.74, 6) is 0.964. The van der Waals surface area contributed by atoms with E-state index in [4.69, 9.17) is 16.3 Å². The number of aryl methyl sites for hydroxylation is 1. The number of nitrogens with one attached hydrogen (secondary N) is 1. The topological polar surface area (TPSA) is 67.3 Å². The van der Waals surface area contributed by atoms with Gasteiger partial charge in [0.15, 0.2) is 0 Å². The fourth-order valence-corrected chi connectivity index (χ4v) is 4.14. The molecule has 0 radical (unpaired) electrons. The van der Waals surface area contributed by atoms with Crippen LogP contribution < -0.4 is 5.32 Å². The molecule has 0 bridgehead atoms. The summed E-state index contributed by atoms with van der Waals surface area (Å²) in [6.07, 6.45) is 4.93. The summed E-state index contributed by atoms with van der Waals surface area (Å²) in [4.78, 5) is 24.3. The number of anilines is 1. The lowest BCUT2D eigenvalue weighted by Crippen LogP contribution is -2.37. The third-order valence-corrected chi connectivity index (χ3v) is 5.89. The molecule has 2 aliphatic heterocycles. The van der Waals surface area contributed by atoms with E-state index in [1.807, 2.05) is 6.92 Å². The molecule has 2 aliphatic rings. The zero-order chi connectivity index (χ0) is 19.5. The van der Waals surface area contributed by atoms with Crippen molar-refractivity contribution in [2.24, 2.45) is 0 Å². The number of carbonyl (C=O) groups is 1. The highest BCUT2D eigenvalue weighted by Crippen LogP contribution is 2.29. The Hall–Kier alpha value is -2.02. The van der Waals surface area contributed by atoms with Crippen LogP contribution in [0.5, 0.6) is 0 Å². The minimum Gasteiger partial charge on any atom is -0.381 e. The molecule has 3 heterocycles. The second kappa shape index (κ2) is 8.55. The molecule has 2 fully saturated rings. The van der Waals surface area contributed by atoms with Crippen LogP contribution >= 0.6 is 11.6 Å². The Labute approximate surface area is 170 Å². The van der Waals surface area contributed by atoms with Crippen molar-refractivity contribution in [2.45, 2.75) is 38.1 Å². The summed E-state index contributed by atoms with van der Waals surface area (Å²) in [5, 5.41) is 3.50. The molecule has 1 N–H and O–H groups in total. The number of likely N-dealkylation sites (tertiary alicyclic amines) is 1. The van der Waals surface area contributed by atoms with Gasteiger partial charge in [0.1, 0.15) is 5.82 Å². The Bertz CT molecular complexity index is 837. The summed E-state index contributed by atoms with van der Waals surface area (Å²) >= 11 is 5.89. The van der Waals surface area contributed by atoms with E-state index in [-0.39, 0.29) is 5.91 Å². The van der Waals surface area contributed by atoms with Crippen molar-refractivity contribution in [3.63, 3.8) is 0 Å². The minimum absolute atomic E-state index is 0.207. The number of nitrogens with zero attached hydrogens (tertiary/aromatic N) is 3. The maximum atomic E-state index is 12.6. The fraction of sp³-hybridized carbons (Fsp3) is 0.476. The molecule has 1 aromatic heterocycles. The predicted molar refractivity (Wildman–Crippen MR) is 109 cm³/mol. The van der Waals surface area contributed by atoms with E-state index in [0.29, 0.717) is 33.9 Å². The molecule has 0 saturated carbocycles. The van der Waals surface area contributed by atoms with Crippen molar-refractivity contribution in [1.29, 1.82) is 0 Å². The number of hydrogen-bond acceptors (Lipinski definition) is 5. The zero-order valence-electron chi connectivity index (χ0n) is 16.0. The molecule has 148 valence electrons. The van der Waals surface area contributed by atoms with Crippen LogP contribution in [0.4, 0.5) is 5.69 Å². The van der Waals surface area contributed by atoms with Crippen LogP contribution in [0.1, 0.15) is 47.1 Å². The second-order valence-corrected chi connectivity index (χ2v) is 7.95. The lowest BCUT2D eigenvalue weighted by molar-refractivity contribution is 0.0419. The maximum Gasteiger partial charge on any atom is 0.259 e. The van der Waals surface area contributed by atoms with E-state index in [1.165, 1.54) is 0 Å². The van der Waals surface area contributed by atoms with Gasteiger partial charge in [-0.15, -0.1) is 0 Å². The van der Waals surface area contributed by atoms with Gasteiger partial charge >= 0.3 is 0 Å². The minimum atomic E-state index is -0.207. The number of halogens is 1. The van der Waals surface area contributed by atoms with E-state index in [0.717, 1.165) is 51.4 Å². The van der Waals surface area contributed by atoms with Gasteiger partial charge in [0.25, 0.3) is 5.91 Å². The summed E-state index contributed by atoms with van der Waals surface area (Å²) in [6, 6.07) is 7.65. The highest BCUT2D eigenvalue weighted by Gasteiger charge is 2.31. The quantitative estimate of drug-likeness (QED) is 0.848. The lowest BCUT2D eigenvalue weighted by Gasteiger charge is -2.30. The Morgan fingerprint density at radius 3 is 2.68 bits per heavy atom. The normalized spacial score (nSPS) is 21.0. The van der Waals surface area contributed by atoms with Crippen molar-refractivity contribution in [1.82, 2.24) is 14.9 Å². The molecule has 6 nitrogen and oxygen atoms in total. The van der Waals surface area contributed by atoms with Crippen LogP contribution in [0.3, 0.4) is 0 Å². The van der Waals surface area contributed by atoms with Gasteiger partial charge in [0, 0.05) is 48.6 Å². The standard InChI is InChI=1S/C21H25ClN4O2/c1-14-19(21(27)25-17-4-2-16(22)3-5-17)12-23-20(24-14)15-6-9-26(13-15)18-7-10-28-11-8-18/h2-5,12,15,18H,6-11,13H2,1H3,(H,25,27)/t15-/m0/s1.